The number of carbonyl (C=O) groups is 2. The standard InChI is InChI=1S/C22H20F3N3O3/c1-14-10-17(12-18(11-14)31-15(2)29)20(30)27-21-26-19(22(23,24)25)13-28(21)9-8-16-6-4-3-5-7-16/h3-7,10-13H,8-9H2,1-2H3,(H,26,27,30). The van der Waals surface area contributed by atoms with E-state index >= 15 is 0 Å². The van der Waals surface area contributed by atoms with Gasteiger partial charge < -0.3 is 9.30 Å². The van der Waals surface area contributed by atoms with Crippen LogP contribution in [0.4, 0.5) is 19.1 Å². The molecule has 1 heterocycles. The van der Waals surface area contributed by atoms with Gasteiger partial charge in [-0.05, 0) is 42.7 Å². The van der Waals surface area contributed by atoms with Crippen molar-refractivity contribution in [2.75, 3.05) is 5.32 Å². The van der Waals surface area contributed by atoms with Crippen LogP contribution in [-0.4, -0.2) is 21.4 Å². The van der Waals surface area contributed by atoms with Crippen LogP contribution in [0.25, 0.3) is 0 Å². The number of rotatable bonds is 6. The lowest BCUT2D eigenvalue weighted by molar-refractivity contribution is -0.141. The second-order valence-corrected chi connectivity index (χ2v) is 6.96. The molecule has 1 amide bonds. The summed E-state index contributed by atoms with van der Waals surface area (Å²) < 4.78 is 45.9. The van der Waals surface area contributed by atoms with Crippen LogP contribution in [0.1, 0.15) is 34.1 Å². The van der Waals surface area contributed by atoms with Crippen LogP contribution in [0.5, 0.6) is 5.75 Å². The highest BCUT2D eigenvalue weighted by molar-refractivity contribution is 6.03. The summed E-state index contributed by atoms with van der Waals surface area (Å²) in [7, 11) is 0. The molecule has 31 heavy (non-hydrogen) atoms. The van der Waals surface area contributed by atoms with Crippen molar-refractivity contribution in [2.45, 2.75) is 33.0 Å². The van der Waals surface area contributed by atoms with E-state index in [1.807, 2.05) is 30.3 Å². The number of benzene rings is 2. The number of imidazole rings is 1. The first-order chi connectivity index (χ1) is 14.6. The molecule has 162 valence electrons. The van der Waals surface area contributed by atoms with Crippen LogP contribution in [0.2, 0.25) is 0 Å². The first-order valence-corrected chi connectivity index (χ1v) is 9.41. The summed E-state index contributed by atoms with van der Waals surface area (Å²) in [6.07, 6.45) is -3.32. The molecule has 2 aromatic carbocycles. The number of nitrogens with one attached hydrogen (secondary N) is 1. The molecule has 0 radical (unpaired) electrons. The molecule has 0 saturated carbocycles. The molecule has 0 saturated heterocycles. The first kappa shape index (κ1) is 22.1. The molecule has 0 spiro atoms. The Balaban J connectivity index is 1.85. The maximum Gasteiger partial charge on any atom is 0.434 e. The van der Waals surface area contributed by atoms with Gasteiger partial charge in [-0.15, -0.1) is 0 Å². The molecule has 0 aliphatic heterocycles. The summed E-state index contributed by atoms with van der Waals surface area (Å²) in [5.74, 6) is -1.27. The Morgan fingerprint density at radius 2 is 1.84 bits per heavy atom. The lowest BCUT2D eigenvalue weighted by atomic mass is 10.1. The minimum absolute atomic E-state index is 0.127. The topological polar surface area (TPSA) is 73.2 Å². The smallest absolute Gasteiger partial charge is 0.427 e. The first-order valence-electron chi connectivity index (χ1n) is 9.41. The quantitative estimate of drug-likeness (QED) is 0.456. The Bertz CT molecular complexity index is 1090. The molecule has 9 heteroatoms. The van der Waals surface area contributed by atoms with Crippen LogP contribution in [0.3, 0.4) is 0 Å². The second kappa shape index (κ2) is 9.03. The molecule has 3 aromatic rings. The highest BCUT2D eigenvalue weighted by Gasteiger charge is 2.35. The van der Waals surface area contributed by atoms with E-state index in [2.05, 4.69) is 10.3 Å². The second-order valence-electron chi connectivity index (χ2n) is 6.96. The number of carbonyl (C=O) groups excluding carboxylic acids is 2. The van der Waals surface area contributed by atoms with Gasteiger partial charge in [-0.1, -0.05) is 30.3 Å². The van der Waals surface area contributed by atoms with Gasteiger partial charge in [-0.25, -0.2) is 4.98 Å². The fourth-order valence-electron chi connectivity index (χ4n) is 2.99. The molecule has 0 aliphatic rings. The number of hydrogen-bond acceptors (Lipinski definition) is 4. The molecular weight excluding hydrogens is 411 g/mol. The van der Waals surface area contributed by atoms with Gasteiger partial charge in [-0.2, -0.15) is 13.2 Å². The third-order valence-corrected chi connectivity index (χ3v) is 4.35. The third-order valence-electron chi connectivity index (χ3n) is 4.35. The zero-order valence-corrected chi connectivity index (χ0v) is 16.9. The van der Waals surface area contributed by atoms with Gasteiger partial charge in [0.05, 0.1) is 0 Å². The molecule has 6 nitrogen and oxygen atoms in total. The zero-order chi connectivity index (χ0) is 22.6. The molecule has 0 bridgehead atoms. The van der Waals surface area contributed by atoms with Gasteiger partial charge in [0.15, 0.2) is 5.69 Å². The molecule has 1 aromatic heterocycles. The van der Waals surface area contributed by atoms with Crippen molar-refractivity contribution in [1.29, 1.82) is 0 Å². The summed E-state index contributed by atoms with van der Waals surface area (Å²) in [5.41, 5.74) is 0.613. The number of alkyl halides is 3. The van der Waals surface area contributed by atoms with E-state index in [1.165, 1.54) is 23.6 Å². The minimum Gasteiger partial charge on any atom is -0.427 e. The number of amides is 1. The van der Waals surface area contributed by atoms with Gasteiger partial charge in [-0.3, -0.25) is 14.9 Å². The van der Waals surface area contributed by atoms with E-state index in [1.54, 1.807) is 13.0 Å². The maximum absolute atomic E-state index is 13.2. The Kier molecular flexibility index (Phi) is 6.43. The Labute approximate surface area is 176 Å². The fourth-order valence-corrected chi connectivity index (χ4v) is 2.99. The number of hydrogen-bond donors (Lipinski definition) is 1. The number of esters is 1. The van der Waals surface area contributed by atoms with Crippen molar-refractivity contribution in [3.05, 3.63) is 77.1 Å². The van der Waals surface area contributed by atoms with Crippen molar-refractivity contribution in [3.63, 3.8) is 0 Å². The number of ether oxygens (including phenoxy) is 1. The Hall–Kier alpha value is -3.62. The largest absolute Gasteiger partial charge is 0.434 e. The van der Waals surface area contributed by atoms with Crippen molar-refractivity contribution in [1.82, 2.24) is 9.55 Å². The van der Waals surface area contributed by atoms with E-state index in [-0.39, 0.29) is 23.8 Å². The summed E-state index contributed by atoms with van der Waals surface area (Å²) in [5, 5.41) is 2.44. The van der Waals surface area contributed by atoms with Gasteiger partial charge in [0.2, 0.25) is 5.95 Å². The molecule has 0 atom stereocenters. The monoisotopic (exact) mass is 431 g/mol. The number of aromatic nitrogens is 2. The Morgan fingerprint density at radius 1 is 1.13 bits per heavy atom. The van der Waals surface area contributed by atoms with E-state index in [4.69, 9.17) is 4.74 Å². The zero-order valence-electron chi connectivity index (χ0n) is 16.9. The number of anilines is 1. The number of aryl methyl sites for hydroxylation is 3. The summed E-state index contributed by atoms with van der Waals surface area (Å²) in [6.45, 7) is 3.12. The average molecular weight is 431 g/mol. The normalized spacial score (nSPS) is 11.3. The molecule has 0 unspecified atom stereocenters. The maximum atomic E-state index is 13.2. The molecular formula is C22H20F3N3O3. The van der Waals surface area contributed by atoms with Crippen molar-refractivity contribution < 1.29 is 27.5 Å². The fraction of sp³-hybridized carbons (Fsp3) is 0.227. The molecule has 0 fully saturated rings. The molecule has 0 aliphatic carbocycles. The van der Waals surface area contributed by atoms with Crippen LogP contribution in [-0.2, 0) is 23.9 Å². The lowest BCUT2D eigenvalue weighted by Gasteiger charge is -2.10. The van der Waals surface area contributed by atoms with Crippen LogP contribution < -0.4 is 10.1 Å². The summed E-state index contributed by atoms with van der Waals surface area (Å²) in [4.78, 5) is 27.5. The number of halogens is 3. The minimum atomic E-state index is -4.65. The predicted octanol–water partition coefficient (Wildman–Crippen LogP) is 4.63. The van der Waals surface area contributed by atoms with Gasteiger partial charge in [0.1, 0.15) is 5.75 Å². The van der Waals surface area contributed by atoms with Crippen molar-refractivity contribution in [3.8, 4) is 5.75 Å². The van der Waals surface area contributed by atoms with Crippen LogP contribution in [0.15, 0.2) is 54.7 Å². The van der Waals surface area contributed by atoms with Crippen molar-refractivity contribution >= 4 is 17.8 Å². The molecule has 1 N–H and O–H groups in total. The van der Waals surface area contributed by atoms with E-state index < -0.39 is 23.7 Å². The highest BCUT2D eigenvalue weighted by Crippen LogP contribution is 2.30. The van der Waals surface area contributed by atoms with E-state index in [0.717, 1.165) is 11.8 Å². The van der Waals surface area contributed by atoms with Crippen molar-refractivity contribution in [2.24, 2.45) is 0 Å². The van der Waals surface area contributed by atoms with E-state index in [0.29, 0.717) is 12.0 Å². The third kappa shape index (κ3) is 5.94. The predicted molar refractivity (Wildman–Crippen MR) is 108 cm³/mol. The van der Waals surface area contributed by atoms with Gasteiger partial charge in [0, 0.05) is 25.2 Å². The Morgan fingerprint density at radius 3 is 2.48 bits per heavy atom. The van der Waals surface area contributed by atoms with Crippen LogP contribution in [0, 0.1) is 6.92 Å². The van der Waals surface area contributed by atoms with Gasteiger partial charge >= 0.3 is 12.1 Å². The summed E-state index contributed by atoms with van der Waals surface area (Å²) >= 11 is 0. The highest BCUT2D eigenvalue weighted by atomic mass is 19.4. The summed E-state index contributed by atoms with van der Waals surface area (Å²) in [6, 6.07) is 13.7. The molecule has 3 rings (SSSR count). The lowest BCUT2D eigenvalue weighted by Crippen LogP contribution is -2.17. The van der Waals surface area contributed by atoms with Crippen LogP contribution >= 0.6 is 0 Å². The van der Waals surface area contributed by atoms with Gasteiger partial charge in [0.25, 0.3) is 5.91 Å². The van der Waals surface area contributed by atoms with E-state index in [9.17, 15) is 22.8 Å². The average Bonchev–Trinajstić information content (AvgIpc) is 3.09. The SMILES string of the molecule is CC(=O)Oc1cc(C)cc(C(=O)Nc2nc(C(F)(F)F)cn2CCc2ccccc2)c1. The number of nitrogens with zero attached hydrogens (tertiary/aromatic N) is 2.